The van der Waals surface area contributed by atoms with Gasteiger partial charge in [-0.15, -0.1) is 13.2 Å². The SMILES string of the molecule is O=C1CCc2c(Br)ccc(OC(F)(F)F)c21. The summed E-state index contributed by atoms with van der Waals surface area (Å²) in [5, 5.41) is 0. The minimum atomic E-state index is -4.77. The number of fused-ring (bicyclic) bond motifs is 1. The molecule has 86 valence electrons. The summed E-state index contributed by atoms with van der Waals surface area (Å²) in [6, 6.07) is 2.61. The number of hydrogen-bond acceptors (Lipinski definition) is 2. The van der Waals surface area contributed by atoms with Crippen molar-refractivity contribution in [1.29, 1.82) is 0 Å². The van der Waals surface area contributed by atoms with E-state index in [0.29, 0.717) is 16.5 Å². The van der Waals surface area contributed by atoms with Gasteiger partial charge in [0.25, 0.3) is 0 Å². The maximum Gasteiger partial charge on any atom is 0.573 e. The quantitative estimate of drug-likeness (QED) is 0.793. The fourth-order valence-corrected chi connectivity index (χ4v) is 2.25. The van der Waals surface area contributed by atoms with Gasteiger partial charge in [-0.25, -0.2) is 0 Å². The zero-order chi connectivity index (χ0) is 11.9. The summed E-state index contributed by atoms with van der Waals surface area (Å²) in [4.78, 5) is 11.5. The molecule has 1 aliphatic carbocycles. The number of carbonyl (C=O) groups excluding carboxylic acids is 1. The smallest absolute Gasteiger partial charge is 0.405 e. The topological polar surface area (TPSA) is 26.3 Å². The van der Waals surface area contributed by atoms with Gasteiger partial charge in [-0.1, -0.05) is 15.9 Å². The van der Waals surface area contributed by atoms with Gasteiger partial charge in [-0.05, 0) is 24.1 Å². The minimum absolute atomic E-state index is 0.0479. The van der Waals surface area contributed by atoms with Gasteiger partial charge < -0.3 is 4.74 Å². The second kappa shape index (κ2) is 3.76. The Morgan fingerprint density at radius 2 is 1.94 bits per heavy atom. The molecule has 0 radical (unpaired) electrons. The number of ether oxygens (including phenoxy) is 1. The summed E-state index contributed by atoms with van der Waals surface area (Å²) in [5.41, 5.74) is 0.637. The van der Waals surface area contributed by atoms with Crippen molar-refractivity contribution in [2.45, 2.75) is 19.2 Å². The second-order valence-corrected chi connectivity index (χ2v) is 4.22. The van der Waals surface area contributed by atoms with Gasteiger partial charge in [0, 0.05) is 10.9 Å². The molecule has 0 saturated heterocycles. The van der Waals surface area contributed by atoms with Gasteiger partial charge in [0.15, 0.2) is 5.78 Å². The average Bonchev–Trinajstić information content (AvgIpc) is 2.52. The number of halogens is 4. The first-order valence-corrected chi connectivity index (χ1v) is 5.28. The molecular weight excluding hydrogens is 289 g/mol. The van der Waals surface area contributed by atoms with Crippen molar-refractivity contribution in [1.82, 2.24) is 0 Å². The molecule has 0 saturated carbocycles. The molecule has 16 heavy (non-hydrogen) atoms. The number of alkyl halides is 3. The Balaban J connectivity index is 2.49. The van der Waals surface area contributed by atoms with E-state index in [9.17, 15) is 18.0 Å². The van der Waals surface area contributed by atoms with Gasteiger partial charge in [0.2, 0.25) is 0 Å². The molecule has 1 aromatic rings. The van der Waals surface area contributed by atoms with Crippen LogP contribution in [0.25, 0.3) is 0 Å². The maximum absolute atomic E-state index is 12.1. The lowest BCUT2D eigenvalue weighted by Crippen LogP contribution is -2.18. The molecule has 0 amide bonds. The van der Waals surface area contributed by atoms with E-state index in [2.05, 4.69) is 20.7 Å². The van der Waals surface area contributed by atoms with Crippen molar-refractivity contribution in [3.05, 3.63) is 27.7 Å². The molecule has 0 aliphatic heterocycles. The zero-order valence-electron chi connectivity index (χ0n) is 7.90. The molecular formula is C10H6BrF3O2. The standard InChI is InChI=1S/C10H6BrF3O2/c11-6-2-4-8(16-10(12,13)14)9-5(6)1-3-7(9)15/h2,4H,1,3H2. The molecule has 2 rings (SSSR count). The highest BCUT2D eigenvalue weighted by molar-refractivity contribution is 9.10. The zero-order valence-corrected chi connectivity index (χ0v) is 9.48. The fourth-order valence-electron chi connectivity index (χ4n) is 1.72. The first-order valence-electron chi connectivity index (χ1n) is 4.49. The van der Waals surface area contributed by atoms with Gasteiger partial charge in [0.1, 0.15) is 5.75 Å². The van der Waals surface area contributed by atoms with Crippen molar-refractivity contribution < 1.29 is 22.7 Å². The largest absolute Gasteiger partial charge is 0.573 e. The highest BCUT2D eigenvalue weighted by Gasteiger charge is 2.35. The van der Waals surface area contributed by atoms with Gasteiger partial charge in [-0.2, -0.15) is 0 Å². The Bertz CT molecular complexity index is 454. The van der Waals surface area contributed by atoms with Crippen molar-refractivity contribution >= 4 is 21.7 Å². The summed E-state index contributed by atoms with van der Waals surface area (Å²) >= 11 is 3.20. The molecule has 0 spiro atoms. The molecule has 1 aliphatic rings. The fraction of sp³-hybridized carbons (Fsp3) is 0.300. The van der Waals surface area contributed by atoms with Crippen LogP contribution in [0.15, 0.2) is 16.6 Å². The van der Waals surface area contributed by atoms with Crippen molar-refractivity contribution in [3.8, 4) is 5.75 Å². The Morgan fingerprint density at radius 3 is 2.56 bits per heavy atom. The minimum Gasteiger partial charge on any atom is -0.405 e. The van der Waals surface area contributed by atoms with E-state index in [1.807, 2.05) is 0 Å². The van der Waals surface area contributed by atoms with Crippen LogP contribution in [0.3, 0.4) is 0 Å². The van der Waals surface area contributed by atoms with E-state index in [1.165, 1.54) is 6.07 Å². The van der Waals surface area contributed by atoms with Crippen LogP contribution in [-0.4, -0.2) is 12.1 Å². The lowest BCUT2D eigenvalue weighted by atomic mass is 10.1. The third kappa shape index (κ3) is 2.07. The van der Waals surface area contributed by atoms with Crippen LogP contribution in [0, 0.1) is 0 Å². The van der Waals surface area contributed by atoms with Crippen LogP contribution < -0.4 is 4.74 Å². The van der Waals surface area contributed by atoms with Gasteiger partial charge in [-0.3, -0.25) is 4.79 Å². The number of Topliss-reactive ketones (excluding diaryl/α,β-unsaturated/α-hetero) is 1. The first-order chi connectivity index (χ1) is 7.38. The number of rotatable bonds is 1. The van der Waals surface area contributed by atoms with Gasteiger partial charge in [0.05, 0.1) is 5.56 Å². The third-order valence-electron chi connectivity index (χ3n) is 2.32. The van der Waals surface area contributed by atoms with Crippen LogP contribution in [0.2, 0.25) is 0 Å². The first kappa shape index (κ1) is 11.4. The van der Waals surface area contributed by atoms with Crippen LogP contribution >= 0.6 is 15.9 Å². The van der Waals surface area contributed by atoms with E-state index < -0.39 is 12.1 Å². The summed E-state index contributed by atoms with van der Waals surface area (Å²) in [6.45, 7) is 0. The van der Waals surface area contributed by atoms with Crippen LogP contribution in [0.4, 0.5) is 13.2 Å². The Kier molecular flexibility index (Phi) is 2.69. The summed E-state index contributed by atoms with van der Waals surface area (Å²) in [7, 11) is 0. The molecule has 0 atom stereocenters. The molecule has 0 N–H and O–H groups in total. The second-order valence-electron chi connectivity index (χ2n) is 3.37. The number of hydrogen-bond donors (Lipinski definition) is 0. The molecule has 1 aromatic carbocycles. The Morgan fingerprint density at radius 1 is 1.25 bits per heavy atom. The molecule has 0 bridgehead atoms. The molecule has 2 nitrogen and oxygen atoms in total. The van der Waals surface area contributed by atoms with Crippen LogP contribution in [-0.2, 0) is 6.42 Å². The normalized spacial score (nSPS) is 15.1. The number of carbonyl (C=O) groups is 1. The molecule has 0 aromatic heterocycles. The molecule has 6 heteroatoms. The van der Waals surface area contributed by atoms with Gasteiger partial charge >= 0.3 is 6.36 Å². The Labute approximate surface area is 97.5 Å². The molecule has 0 heterocycles. The number of benzene rings is 1. The molecule has 0 fully saturated rings. The monoisotopic (exact) mass is 294 g/mol. The van der Waals surface area contributed by atoms with E-state index in [0.717, 1.165) is 6.07 Å². The maximum atomic E-state index is 12.1. The predicted molar refractivity (Wildman–Crippen MR) is 53.5 cm³/mol. The van der Waals surface area contributed by atoms with E-state index in [1.54, 1.807) is 0 Å². The van der Waals surface area contributed by atoms with Crippen LogP contribution in [0.5, 0.6) is 5.75 Å². The summed E-state index contributed by atoms with van der Waals surface area (Å²) in [6.07, 6.45) is -4.10. The summed E-state index contributed by atoms with van der Waals surface area (Å²) < 4.78 is 40.7. The lowest BCUT2D eigenvalue weighted by Gasteiger charge is -2.12. The average molecular weight is 295 g/mol. The lowest BCUT2D eigenvalue weighted by molar-refractivity contribution is -0.274. The highest BCUT2D eigenvalue weighted by atomic mass is 79.9. The van der Waals surface area contributed by atoms with Crippen molar-refractivity contribution in [2.24, 2.45) is 0 Å². The van der Waals surface area contributed by atoms with Crippen molar-refractivity contribution in [2.75, 3.05) is 0 Å². The van der Waals surface area contributed by atoms with E-state index >= 15 is 0 Å². The Hall–Kier alpha value is -1.04. The predicted octanol–water partition coefficient (Wildman–Crippen LogP) is 3.48. The van der Waals surface area contributed by atoms with E-state index in [4.69, 9.17) is 0 Å². The van der Waals surface area contributed by atoms with E-state index in [-0.39, 0.29) is 17.8 Å². The van der Waals surface area contributed by atoms with Crippen LogP contribution in [0.1, 0.15) is 22.3 Å². The number of ketones is 1. The summed E-state index contributed by atoms with van der Waals surface area (Å²) in [5.74, 6) is -0.719. The van der Waals surface area contributed by atoms with Crippen molar-refractivity contribution in [3.63, 3.8) is 0 Å². The molecule has 0 unspecified atom stereocenters. The third-order valence-corrected chi connectivity index (χ3v) is 3.07. The highest BCUT2D eigenvalue weighted by Crippen LogP contribution is 2.37.